The summed E-state index contributed by atoms with van der Waals surface area (Å²) in [5, 5.41) is 4.01. The van der Waals surface area contributed by atoms with Crippen LogP contribution in [0.25, 0.3) is 11.0 Å². The van der Waals surface area contributed by atoms with Gasteiger partial charge in [-0.25, -0.2) is 0 Å². The zero-order chi connectivity index (χ0) is 14.8. The van der Waals surface area contributed by atoms with Crippen molar-refractivity contribution in [2.24, 2.45) is 0 Å². The molecule has 2 aromatic carbocycles. The van der Waals surface area contributed by atoms with Gasteiger partial charge in [-0.15, -0.1) is 0 Å². The van der Waals surface area contributed by atoms with E-state index in [0.717, 1.165) is 33.6 Å². The van der Waals surface area contributed by atoms with Crippen molar-refractivity contribution in [1.29, 1.82) is 0 Å². The number of rotatable bonds is 4. The number of aromatic nitrogens is 2. The average Bonchev–Trinajstić information content (AvgIpc) is 2.95. The summed E-state index contributed by atoms with van der Waals surface area (Å²) in [4.78, 5) is 0. The van der Waals surface area contributed by atoms with Crippen molar-refractivity contribution in [3.8, 4) is 5.75 Å². The Morgan fingerprint density at radius 3 is 2.86 bits per heavy atom. The summed E-state index contributed by atoms with van der Waals surface area (Å²) in [7, 11) is 1.68. The summed E-state index contributed by atoms with van der Waals surface area (Å²) in [6.07, 6.45) is 0. The molecule has 6 heteroatoms. The number of methoxy groups -OCH3 is 1. The quantitative estimate of drug-likeness (QED) is 0.780. The van der Waals surface area contributed by atoms with Crippen LogP contribution in [0.3, 0.4) is 0 Å². The second-order valence-electron chi connectivity index (χ2n) is 4.71. The third kappa shape index (κ3) is 2.80. The Kier molecular flexibility index (Phi) is 3.94. The Labute approximate surface area is 132 Å². The summed E-state index contributed by atoms with van der Waals surface area (Å²) < 4.78 is 13.8. The zero-order valence-corrected chi connectivity index (χ0v) is 13.3. The first-order chi connectivity index (χ1) is 10.2. The molecule has 0 spiro atoms. The van der Waals surface area contributed by atoms with Gasteiger partial charge in [-0.2, -0.15) is 8.75 Å². The van der Waals surface area contributed by atoms with Gasteiger partial charge in [-0.05, 0) is 36.2 Å². The Morgan fingerprint density at radius 2 is 2.10 bits per heavy atom. The van der Waals surface area contributed by atoms with E-state index in [4.69, 9.17) is 16.3 Å². The number of hydrogen-bond donors (Lipinski definition) is 1. The maximum Gasteiger partial charge on any atom is 0.129 e. The summed E-state index contributed by atoms with van der Waals surface area (Å²) in [5.74, 6) is 0.891. The molecule has 0 saturated heterocycles. The number of nitrogens with one attached hydrogen (secondary N) is 1. The van der Waals surface area contributed by atoms with E-state index in [2.05, 4.69) is 20.1 Å². The van der Waals surface area contributed by atoms with Crippen molar-refractivity contribution >= 4 is 40.0 Å². The van der Waals surface area contributed by atoms with E-state index < -0.39 is 0 Å². The molecule has 0 amide bonds. The molecule has 0 aliphatic heterocycles. The Balaban J connectivity index is 1.85. The molecule has 0 aliphatic carbocycles. The molecule has 3 rings (SSSR count). The lowest BCUT2D eigenvalue weighted by Crippen LogP contribution is -2.01. The largest absolute Gasteiger partial charge is 0.496 e. The average molecular weight is 320 g/mol. The van der Waals surface area contributed by atoms with Gasteiger partial charge in [0.05, 0.1) is 29.5 Å². The van der Waals surface area contributed by atoms with Gasteiger partial charge in [0.25, 0.3) is 0 Å². The van der Waals surface area contributed by atoms with E-state index >= 15 is 0 Å². The molecule has 0 radical (unpaired) electrons. The zero-order valence-electron chi connectivity index (χ0n) is 11.7. The predicted molar refractivity (Wildman–Crippen MR) is 87.5 cm³/mol. The minimum absolute atomic E-state index is 0.653. The van der Waals surface area contributed by atoms with Crippen LogP contribution in [0.5, 0.6) is 5.75 Å². The van der Waals surface area contributed by atoms with E-state index in [1.54, 1.807) is 7.11 Å². The third-order valence-corrected chi connectivity index (χ3v) is 4.16. The molecular formula is C15H14ClN3OS. The number of benzene rings is 2. The molecule has 0 fully saturated rings. The van der Waals surface area contributed by atoms with Crippen molar-refractivity contribution < 1.29 is 4.74 Å². The Hall–Kier alpha value is -1.85. The van der Waals surface area contributed by atoms with Crippen molar-refractivity contribution in [2.75, 3.05) is 12.4 Å². The summed E-state index contributed by atoms with van der Waals surface area (Å²) in [5.41, 5.74) is 4.77. The number of fused-ring (bicyclic) bond motifs is 1. The molecule has 108 valence electrons. The molecule has 0 saturated carbocycles. The minimum Gasteiger partial charge on any atom is -0.496 e. The van der Waals surface area contributed by atoms with Gasteiger partial charge in [0, 0.05) is 6.54 Å². The number of anilines is 1. The molecule has 1 N–H and O–H groups in total. The molecule has 1 aromatic heterocycles. The summed E-state index contributed by atoms with van der Waals surface area (Å²) in [6, 6.07) is 9.82. The topological polar surface area (TPSA) is 47.0 Å². The van der Waals surface area contributed by atoms with Gasteiger partial charge in [0.15, 0.2) is 0 Å². The monoisotopic (exact) mass is 319 g/mol. The Morgan fingerprint density at radius 1 is 1.24 bits per heavy atom. The second-order valence-corrected chi connectivity index (χ2v) is 5.65. The number of hydrogen-bond acceptors (Lipinski definition) is 5. The normalized spacial score (nSPS) is 10.8. The number of ether oxygens (including phenoxy) is 1. The van der Waals surface area contributed by atoms with Crippen LogP contribution < -0.4 is 10.1 Å². The number of halogens is 1. The van der Waals surface area contributed by atoms with Crippen LogP contribution >= 0.6 is 23.3 Å². The molecule has 0 aliphatic rings. The molecule has 0 unspecified atom stereocenters. The van der Waals surface area contributed by atoms with E-state index in [1.807, 2.05) is 31.2 Å². The minimum atomic E-state index is 0.653. The van der Waals surface area contributed by atoms with Gasteiger partial charge in [-0.1, -0.05) is 23.7 Å². The van der Waals surface area contributed by atoms with Gasteiger partial charge >= 0.3 is 0 Å². The van der Waals surface area contributed by atoms with Crippen LogP contribution in [-0.2, 0) is 6.54 Å². The first-order valence-corrected chi connectivity index (χ1v) is 7.58. The van der Waals surface area contributed by atoms with Crippen LogP contribution in [-0.4, -0.2) is 15.9 Å². The molecule has 0 atom stereocenters. The summed E-state index contributed by atoms with van der Waals surface area (Å²) >= 11 is 7.45. The van der Waals surface area contributed by atoms with Gasteiger partial charge < -0.3 is 10.1 Å². The van der Waals surface area contributed by atoms with E-state index in [0.29, 0.717) is 11.6 Å². The van der Waals surface area contributed by atoms with Crippen molar-refractivity contribution in [1.82, 2.24) is 8.75 Å². The van der Waals surface area contributed by atoms with Gasteiger partial charge in [0.2, 0.25) is 0 Å². The highest BCUT2D eigenvalue weighted by atomic mass is 35.5. The van der Waals surface area contributed by atoms with Crippen molar-refractivity contribution in [3.63, 3.8) is 0 Å². The van der Waals surface area contributed by atoms with Crippen LogP contribution in [0.4, 0.5) is 5.69 Å². The van der Waals surface area contributed by atoms with Gasteiger partial charge in [0.1, 0.15) is 16.8 Å². The SMILES string of the molecule is COc1ccc(CNc2c(Cl)ccc3nsnc23)cc1C. The van der Waals surface area contributed by atoms with Gasteiger partial charge in [-0.3, -0.25) is 0 Å². The second kappa shape index (κ2) is 5.87. The molecule has 0 bridgehead atoms. The van der Waals surface area contributed by atoms with E-state index in [-0.39, 0.29) is 0 Å². The van der Waals surface area contributed by atoms with E-state index in [9.17, 15) is 0 Å². The highest BCUT2D eigenvalue weighted by Gasteiger charge is 2.09. The van der Waals surface area contributed by atoms with Crippen LogP contribution in [0.2, 0.25) is 5.02 Å². The standard InChI is InChI=1S/C15H14ClN3OS/c1-9-7-10(3-6-13(9)20-2)8-17-14-11(16)4-5-12-15(14)19-21-18-12/h3-7,17H,8H2,1-2H3. The third-order valence-electron chi connectivity index (χ3n) is 3.31. The number of aryl methyl sites for hydroxylation is 1. The predicted octanol–water partition coefficient (Wildman–Crippen LogP) is 4.27. The molecule has 21 heavy (non-hydrogen) atoms. The van der Waals surface area contributed by atoms with Crippen LogP contribution in [0, 0.1) is 6.92 Å². The first kappa shape index (κ1) is 14.1. The fourth-order valence-corrected chi connectivity index (χ4v) is 3.00. The lowest BCUT2D eigenvalue weighted by molar-refractivity contribution is 0.411. The van der Waals surface area contributed by atoms with E-state index in [1.165, 1.54) is 11.7 Å². The first-order valence-electron chi connectivity index (χ1n) is 6.47. The van der Waals surface area contributed by atoms with Crippen LogP contribution in [0.15, 0.2) is 30.3 Å². The highest BCUT2D eigenvalue weighted by Crippen LogP contribution is 2.30. The maximum absolute atomic E-state index is 6.26. The molecule has 1 heterocycles. The Bertz CT molecular complexity index is 788. The maximum atomic E-state index is 6.26. The highest BCUT2D eigenvalue weighted by molar-refractivity contribution is 7.00. The lowest BCUT2D eigenvalue weighted by Gasteiger charge is -2.11. The van der Waals surface area contributed by atoms with Crippen LogP contribution in [0.1, 0.15) is 11.1 Å². The van der Waals surface area contributed by atoms with Crippen molar-refractivity contribution in [2.45, 2.75) is 13.5 Å². The fourth-order valence-electron chi connectivity index (χ4n) is 2.24. The fraction of sp³-hybridized carbons (Fsp3) is 0.200. The van der Waals surface area contributed by atoms with Crippen molar-refractivity contribution in [3.05, 3.63) is 46.5 Å². The molecule has 3 aromatic rings. The summed E-state index contributed by atoms with van der Waals surface area (Å²) in [6.45, 7) is 2.70. The molecule has 4 nitrogen and oxygen atoms in total. The smallest absolute Gasteiger partial charge is 0.129 e. The lowest BCUT2D eigenvalue weighted by atomic mass is 10.1. The molecular weight excluding hydrogens is 306 g/mol. The number of nitrogens with zero attached hydrogens (tertiary/aromatic N) is 2.